The summed E-state index contributed by atoms with van der Waals surface area (Å²) < 4.78 is 5.58. The fourth-order valence-electron chi connectivity index (χ4n) is 3.79. The lowest BCUT2D eigenvalue weighted by atomic mass is 9.75. The van der Waals surface area contributed by atoms with Crippen LogP contribution in [0.4, 0.5) is 0 Å². The maximum Gasteiger partial charge on any atom is 0.0724 e. The first-order valence-corrected chi connectivity index (χ1v) is 7.76. The van der Waals surface area contributed by atoms with Gasteiger partial charge in [0.25, 0.3) is 0 Å². The zero-order valence-electron chi connectivity index (χ0n) is 12.1. The molecular formula is C15H30N2O. The molecule has 3 heteroatoms. The first-order valence-electron chi connectivity index (χ1n) is 7.76. The monoisotopic (exact) mass is 254 g/mol. The minimum absolute atomic E-state index is 0.449. The van der Waals surface area contributed by atoms with E-state index >= 15 is 0 Å². The normalized spacial score (nSPS) is 31.7. The van der Waals surface area contributed by atoms with Gasteiger partial charge in [0.05, 0.1) is 6.10 Å². The lowest BCUT2D eigenvalue weighted by Gasteiger charge is -2.39. The maximum atomic E-state index is 5.58. The summed E-state index contributed by atoms with van der Waals surface area (Å²) in [4.78, 5) is 0. The van der Waals surface area contributed by atoms with Crippen molar-refractivity contribution >= 4 is 0 Å². The van der Waals surface area contributed by atoms with Gasteiger partial charge in [-0.3, -0.25) is 0 Å². The molecule has 2 atom stereocenters. The molecule has 2 N–H and O–H groups in total. The van der Waals surface area contributed by atoms with Gasteiger partial charge in [-0.1, -0.05) is 13.3 Å². The van der Waals surface area contributed by atoms with Crippen LogP contribution in [-0.4, -0.2) is 38.9 Å². The van der Waals surface area contributed by atoms with Crippen LogP contribution in [0.5, 0.6) is 0 Å². The maximum absolute atomic E-state index is 5.58. The second kappa shape index (κ2) is 6.88. The van der Waals surface area contributed by atoms with E-state index in [4.69, 9.17) is 4.74 Å². The Morgan fingerprint density at radius 3 is 2.72 bits per heavy atom. The topological polar surface area (TPSA) is 33.3 Å². The molecule has 106 valence electrons. The third-order valence-corrected chi connectivity index (χ3v) is 4.94. The molecule has 1 aliphatic heterocycles. The molecular weight excluding hydrogens is 224 g/mol. The Morgan fingerprint density at radius 2 is 2.06 bits per heavy atom. The Bertz CT molecular complexity index is 233. The molecule has 2 unspecified atom stereocenters. The number of nitrogens with one attached hydrogen (secondary N) is 2. The highest BCUT2D eigenvalue weighted by atomic mass is 16.5. The van der Waals surface area contributed by atoms with Gasteiger partial charge in [-0.25, -0.2) is 0 Å². The summed E-state index contributed by atoms with van der Waals surface area (Å²) in [7, 11) is 1.86. The molecule has 0 radical (unpaired) electrons. The van der Waals surface area contributed by atoms with Gasteiger partial charge in [0.2, 0.25) is 0 Å². The van der Waals surface area contributed by atoms with Crippen molar-refractivity contribution in [3.8, 4) is 0 Å². The van der Waals surface area contributed by atoms with Crippen LogP contribution < -0.4 is 10.6 Å². The molecule has 3 nitrogen and oxygen atoms in total. The smallest absolute Gasteiger partial charge is 0.0724 e. The molecule has 0 aromatic rings. The number of piperidine rings is 1. The van der Waals surface area contributed by atoms with Gasteiger partial charge < -0.3 is 15.4 Å². The Morgan fingerprint density at radius 1 is 1.28 bits per heavy atom. The molecule has 0 spiro atoms. The van der Waals surface area contributed by atoms with E-state index in [9.17, 15) is 0 Å². The highest BCUT2D eigenvalue weighted by Gasteiger charge is 2.34. The lowest BCUT2D eigenvalue weighted by Crippen LogP contribution is -2.47. The molecule has 2 aliphatic rings. The summed E-state index contributed by atoms with van der Waals surface area (Å²) >= 11 is 0. The number of ether oxygens (including phenoxy) is 1. The van der Waals surface area contributed by atoms with Gasteiger partial charge in [-0.05, 0) is 57.0 Å². The van der Waals surface area contributed by atoms with Gasteiger partial charge in [0.1, 0.15) is 0 Å². The number of hydrogen-bond donors (Lipinski definition) is 2. The molecule has 0 aromatic carbocycles. The van der Waals surface area contributed by atoms with E-state index in [0.29, 0.717) is 17.6 Å². The molecule has 0 amide bonds. The lowest BCUT2D eigenvalue weighted by molar-refractivity contribution is 0.0756. The van der Waals surface area contributed by atoms with Crippen molar-refractivity contribution in [3.63, 3.8) is 0 Å². The van der Waals surface area contributed by atoms with Crippen LogP contribution in [0.15, 0.2) is 0 Å². The largest absolute Gasteiger partial charge is 0.380 e. The molecule has 0 aromatic heterocycles. The number of methoxy groups -OCH3 is 1. The first-order chi connectivity index (χ1) is 8.79. The summed E-state index contributed by atoms with van der Waals surface area (Å²) in [5.41, 5.74) is 0.543. The van der Waals surface area contributed by atoms with Gasteiger partial charge >= 0.3 is 0 Å². The van der Waals surface area contributed by atoms with Gasteiger partial charge in [-0.2, -0.15) is 0 Å². The van der Waals surface area contributed by atoms with E-state index in [2.05, 4.69) is 17.6 Å². The molecule has 2 fully saturated rings. The van der Waals surface area contributed by atoms with Crippen LogP contribution in [0.2, 0.25) is 0 Å². The average molecular weight is 254 g/mol. The highest BCUT2D eigenvalue weighted by Crippen LogP contribution is 2.34. The van der Waals surface area contributed by atoms with E-state index < -0.39 is 0 Å². The summed E-state index contributed by atoms with van der Waals surface area (Å²) in [6, 6.07) is 0.596. The number of rotatable bonds is 6. The third kappa shape index (κ3) is 3.46. The van der Waals surface area contributed by atoms with Crippen molar-refractivity contribution < 1.29 is 4.74 Å². The quantitative estimate of drug-likeness (QED) is 0.763. The fourth-order valence-corrected chi connectivity index (χ4v) is 3.79. The molecule has 1 saturated heterocycles. The van der Waals surface area contributed by atoms with E-state index in [0.717, 1.165) is 0 Å². The molecule has 1 heterocycles. The van der Waals surface area contributed by atoms with Crippen LogP contribution in [0.1, 0.15) is 51.9 Å². The van der Waals surface area contributed by atoms with Gasteiger partial charge in [-0.15, -0.1) is 0 Å². The average Bonchev–Trinajstić information content (AvgIpc) is 2.85. The van der Waals surface area contributed by atoms with Crippen molar-refractivity contribution in [3.05, 3.63) is 0 Å². The number of hydrogen-bond acceptors (Lipinski definition) is 3. The zero-order valence-corrected chi connectivity index (χ0v) is 12.1. The fraction of sp³-hybridized carbons (Fsp3) is 1.00. The predicted octanol–water partition coefficient (Wildman–Crippen LogP) is 2.31. The standard InChI is InChI=1S/C15H30N2O/c1-3-7-15(8-10-16-11-9-15)12-17-13-5-4-6-14(13)18-2/h13-14,16-17H,3-12H2,1-2H3. The second-order valence-corrected chi connectivity index (χ2v) is 6.19. The Balaban J connectivity index is 1.85. The van der Waals surface area contributed by atoms with Crippen molar-refractivity contribution in [2.45, 2.75) is 64.0 Å². The predicted molar refractivity (Wildman–Crippen MR) is 75.9 cm³/mol. The highest BCUT2D eigenvalue weighted by molar-refractivity contribution is 4.90. The Kier molecular flexibility index (Phi) is 5.46. The molecule has 1 saturated carbocycles. The SMILES string of the molecule is CCCC1(CNC2CCCC2OC)CCNCC1. The summed E-state index contributed by atoms with van der Waals surface area (Å²) in [5.74, 6) is 0. The second-order valence-electron chi connectivity index (χ2n) is 6.19. The van der Waals surface area contributed by atoms with Crippen LogP contribution in [0.25, 0.3) is 0 Å². The molecule has 2 rings (SSSR count). The van der Waals surface area contributed by atoms with Crippen LogP contribution in [0.3, 0.4) is 0 Å². The Labute approximate surface area is 112 Å². The summed E-state index contributed by atoms with van der Waals surface area (Å²) in [6.07, 6.45) is 9.63. The van der Waals surface area contributed by atoms with Crippen LogP contribution in [-0.2, 0) is 4.74 Å². The summed E-state index contributed by atoms with van der Waals surface area (Å²) in [5, 5.41) is 7.32. The van der Waals surface area contributed by atoms with Crippen LogP contribution in [0, 0.1) is 5.41 Å². The van der Waals surface area contributed by atoms with Crippen molar-refractivity contribution in [1.29, 1.82) is 0 Å². The molecule has 18 heavy (non-hydrogen) atoms. The van der Waals surface area contributed by atoms with E-state index in [1.807, 2.05) is 7.11 Å². The zero-order chi connectivity index (χ0) is 12.8. The van der Waals surface area contributed by atoms with Gasteiger partial charge in [0.15, 0.2) is 0 Å². The van der Waals surface area contributed by atoms with Crippen molar-refractivity contribution in [1.82, 2.24) is 10.6 Å². The molecule has 0 bridgehead atoms. The minimum Gasteiger partial charge on any atom is -0.380 e. The van der Waals surface area contributed by atoms with E-state index in [1.165, 1.54) is 64.6 Å². The van der Waals surface area contributed by atoms with Crippen molar-refractivity contribution in [2.24, 2.45) is 5.41 Å². The first kappa shape index (κ1) is 14.3. The van der Waals surface area contributed by atoms with E-state index in [-0.39, 0.29) is 0 Å². The Hall–Kier alpha value is -0.120. The summed E-state index contributed by atoms with van der Waals surface area (Å²) in [6.45, 7) is 5.89. The third-order valence-electron chi connectivity index (χ3n) is 4.94. The van der Waals surface area contributed by atoms with E-state index in [1.54, 1.807) is 0 Å². The van der Waals surface area contributed by atoms with Crippen molar-refractivity contribution in [2.75, 3.05) is 26.7 Å². The van der Waals surface area contributed by atoms with Crippen LogP contribution >= 0.6 is 0 Å². The van der Waals surface area contributed by atoms with Gasteiger partial charge in [0, 0.05) is 19.7 Å². The minimum atomic E-state index is 0.449. The molecule has 1 aliphatic carbocycles.